The molecule has 0 bridgehead atoms. The molecule has 0 saturated heterocycles. The van der Waals surface area contributed by atoms with Gasteiger partial charge >= 0.3 is 12.1 Å². The lowest BCUT2D eigenvalue weighted by Gasteiger charge is -2.20. The Labute approximate surface area is 135 Å². The van der Waals surface area contributed by atoms with Crippen LogP contribution >= 0.6 is 0 Å². The van der Waals surface area contributed by atoms with Crippen LogP contribution in [0.2, 0.25) is 0 Å². The lowest BCUT2D eigenvalue weighted by Crippen LogP contribution is -2.47. The Bertz CT molecular complexity index is 510. The van der Waals surface area contributed by atoms with Gasteiger partial charge < -0.3 is 25.3 Å². The predicted molar refractivity (Wildman–Crippen MR) is 84.4 cm³/mol. The SMILES string of the molecule is CCOC(=O)N(CCN)C(=O)NCOc1ccccc1OCC. The molecule has 0 aliphatic rings. The van der Waals surface area contributed by atoms with Gasteiger partial charge in [0.1, 0.15) is 0 Å². The number of imide groups is 1. The predicted octanol–water partition coefficient (Wildman–Crippen LogP) is 1.55. The molecule has 1 rings (SSSR count). The first-order valence-corrected chi connectivity index (χ1v) is 7.40. The molecule has 3 N–H and O–H groups in total. The molecule has 0 saturated carbocycles. The zero-order valence-electron chi connectivity index (χ0n) is 13.4. The molecule has 0 atom stereocenters. The fraction of sp³-hybridized carbons (Fsp3) is 0.467. The highest BCUT2D eigenvalue weighted by Crippen LogP contribution is 2.25. The van der Waals surface area contributed by atoms with Crippen molar-refractivity contribution in [1.29, 1.82) is 0 Å². The molecule has 128 valence electrons. The third-order valence-corrected chi connectivity index (χ3v) is 2.69. The maximum Gasteiger partial charge on any atom is 0.418 e. The number of ether oxygens (including phenoxy) is 3. The fourth-order valence-corrected chi connectivity index (χ4v) is 1.72. The molecule has 0 aliphatic carbocycles. The average molecular weight is 325 g/mol. The number of para-hydroxylation sites is 2. The molecule has 23 heavy (non-hydrogen) atoms. The molecule has 8 nitrogen and oxygen atoms in total. The Balaban J connectivity index is 2.56. The molecule has 0 heterocycles. The number of urea groups is 1. The molecule has 1 aromatic carbocycles. The second-order valence-corrected chi connectivity index (χ2v) is 4.29. The fourth-order valence-electron chi connectivity index (χ4n) is 1.72. The van der Waals surface area contributed by atoms with Gasteiger partial charge in [-0.15, -0.1) is 0 Å². The van der Waals surface area contributed by atoms with Gasteiger partial charge in [-0.2, -0.15) is 0 Å². The molecular formula is C15H23N3O5. The molecule has 1 aromatic rings. The van der Waals surface area contributed by atoms with E-state index in [-0.39, 0.29) is 26.4 Å². The zero-order valence-corrected chi connectivity index (χ0v) is 13.4. The summed E-state index contributed by atoms with van der Waals surface area (Å²) in [5, 5.41) is 2.48. The summed E-state index contributed by atoms with van der Waals surface area (Å²) >= 11 is 0. The van der Waals surface area contributed by atoms with Crippen LogP contribution < -0.4 is 20.5 Å². The van der Waals surface area contributed by atoms with Crippen LogP contribution in [-0.2, 0) is 4.74 Å². The number of hydrogen-bond acceptors (Lipinski definition) is 6. The number of nitrogens with one attached hydrogen (secondary N) is 1. The van der Waals surface area contributed by atoms with E-state index in [2.05, 4.69) is 5.32 Å². The lowest BCUT2D eigenvalue weighted by atomic mass is 10.3. The summed E-state index contributed by atoms with van der Waals surface area (Å²) in [6.45, 7) is 4.27. The third-order valence-electron chi connectivity index (χ3n) is 2.69. The first kappa shape index (κ1) is 18.6. The second kappa shape index (κ2) is 10.3. The number of carbonyl (C=O) groups is 2. The van der Waals surface area contributed by atoms with Gasteiger partial charge in [-0.25, -0.2) is 14.5 Å². The van der Waals surface area contributed by atoms with Gasteiger partial charge in [-0.05, 0) is 26.0 Å². The van der Waals surface area contributed by atoms with E-state index < -0.39 is 12.1 Å². The van der Waals surface area contributed by atoms with Crippen LogP contribution in [0.15, 0.2) is 24.3 Å². The van der Waals surface area contributed by atoms with Gasteiger partial charge in [-0.3, -0.25) is 0 Å². The van der Waals surface area contributed by atoms with E-state index in [1.165, 1.54) is 0 Å². The van der Waals surface area contributed by atoms with E-state index in [1.54, 1.807) is 25.1 Å². The number of nitrogens with two attached hydrogens (primary N) is 1. The summed E-state index contributed by atoms with van der Waals surface area (Å²) in [7, 11) is 0. The molecule has 8 heteroatoms. The van der Waals surface area contributed by atoms with Crippen molar-refractivity contribution in [2.75, 3.05) is 33.0 Å². The van der Waals surface area contributed by atoms with Crippen molar-refractivity contribution in [2.24, 2.45) is 5.73 Å². The maximum atomic E-state index is 12.0. The largest absolute Gasteiger partial charge is 0.490 e. The molecule has 0 fully saturated rings. The number of rotatable bonds is 8. The summed E-state index contributed by atoms with van der Waals surface area (Å²) in [6.07, 6.45) is -0.745. The quantitative estimate of drug-likeness (QED) is 0.703. The second-order valence-electron chi connectivity index (χ2n) is 4.29. The van der Waals surface area contributed by atoms with Crippen molar-refractivity contribution in [1.82, 2.24) is 10.2 Å². The third kappa shape index (κ3) is 6.03. The first-order valence-electron chi connectivity index (χ1n) is 7.40. The summed E-state index contributed by atoms with van der Waals surface area (Å²) in [5.41, 5.74) is 5.40. The Morgan fingerprint density at radius 2 is 1.78 bits per heavy atom. The molecule has 0 unspecified atom stereocenters. The summed E-state index contributed by atoms with van der Waals surface area (Å²) in [4.78, 5) is 24.6. The molecule has 0 aliphatic heterocycles. The van der Waals surface area contributed by atoms with Crippen molar-refractivity contribution in [2.45, 2.75) is 13.8 Å². The van der Waals surface area contributed by atoms with Crippen molar-refractivity contribution in [3.63, 3.8) is 0 Å². The molecular weight excluding hydrogens is 302 g/mol. The number of nitrogens with zero attached hydrogens (tertiary/aromatic N) is 1. The van der Waals surface area contributed by atoms with E-state index in [9.17, 15) is 9.59 Å². The van der Waals surface area contributed by atoms with Gasteiger partial charge in [0.25, 0.3) is 0 Å². The van der Waals surface area contributed by atoms with E-state index in [4.69, 9.17) is 19.9 Å². The molecule has 0 spiro atoms. The van der Waals surface area contributed by atoms with Crippen molar-refractivity contribution in [3.05, 3.63) is 24.3 Å². The van der Waals surface area contributed by atoms with Crippen LogP contribution in [0.3, 0.4) is 0 Å². The Morgan fingerprint density at radius 1 is 1.13 bits per heavy atom. The minimum Gasteiger partial charge on any atom is -0.490 e. The number of carbonyl (C=O) groups excluding carboxylic acids is 2. The Kier molecular flexibility index (Phi) is 8.30. The van der Waals surface area contributed by atoms with Crippen molar-refractivity contribution < 1.29 is 23.8 Å². The summed E-state index contributed by atoms with van der Waals surface area (Å²) in [5.74, 6) is 1.07. The molecule has 0 aromatic heterocycles. The average Bonchev–Trinajstić information content (AvgIpc) is 2.54. The first-order chi connectivity index (χ1) is 11.1. The summed E-state index contributed by atoms with van der Waals surface area (Å²) < 4.78 is 15.7. The zero-order chi connectivity index (χ0) is 17.1. The van der Waals surface area contributed by atoms with E-state index >= 15 is 0 Å². The highest BCUT2D eigenvalue weighted by Gasteiger charge is 2.21. The van der Waals surface area contributed by atoms with Crippen LogP contribution in [-0.4, -0.2) is 50.1 Å². The molecule has 0 radical (unpaired) electrons. The Hall–Kier alpha value is -2.48. The van der Waals surface area contributed by atoms with Gasteiger partial charge in [0.15, 0.2) is 18.2 Å². The number of hydrogen-bond donors (Lipinski definition) is 2. The van der Waals surface area contributed by atoms with E-state index in [0.29, 0.717) is 18.1 Å². The minimum atomic E-state index is -0.745. The highest BCUT2D eigenvalue weighted by molar-refractivity contribution is 5.90. The maximum absolute atomic E-state index is 12.0. The monoisotopic (exact) mass is 325 g/mol. The van der Waals surface area contributed by atoms with Crippen LogP contribution in [0.25, 0.3) is 0 Å². The lowest BCUT2D eigenvalue weighted by molar-refractivity contribution is 0.113. The van der Waals surface area contributed by atoms with Crippen LogP contribution in [0.5, 0.6) is 11.5 Å². The minimum absolute atomic E-state index is 0.0558. The van der Waals surface area contributed by atoms with Crippen LogP contribution in [0.1, 0.15) is 13.8 Å². The van der Waals surface area contributed by atoms with Gasteiger partial charge in [0.2, 0.25) is 0 Å². The van der Waals surface area contributed by atoms with Gasteiger partial charge in [0.05, 0.1) is 13.2 Å². The number of amides is 3. The van der Waals surface area contributed by atoms with Crippen molar-refractivity contribution in [3.8, 4) is 11.5 Å². The Morgan fingerprint density at radius 3 is 2.35 bits per heavy atom. The molecule has 3 amide bonds. The van der Waals surface area contributed by atoms with Gasteiger partial charge in [0, 0.05) is 13.1 Å². The van der Waals surface area contributed by atoms with E-state index in [0.717, 1.165) is 4.90 Å². The smallest absolute Gasteiger partial charge is 0.418 e. The van der Waals surface area contributed by atoms with Gasteiger partial charge in [-0.1, -0.05) is 12.1 Å². The van der Waals surface area contributed by atoms with E-state index in [1.807, 2.05) is 13.0 Å². The van der Waals surface area contributed by atoms with Crippen LogP contribution in [0.4, 0.5) is 9.59 Å². The highest BCUT2D eigenvalue weighted by atomic mass is 16.6. The topological polar surface area (TPSA) is 103 Å². The standard InChI is InChI=1S/C15H23N3O5/c1-3-21-12-7-5-6-8-13(12)23-11-17-14(19)18(10-9-16)15(20)22-4-2/h5-8H,3-4,9-11,16H2,1-2H3,(H,17,19). The summed E-state index contributed by atoms with van der Waals surface area (Å²) in [6, 6.07) is 6.46. The van der Waals surface area contributed by atoms with Crippen molar-refractivity contribution >= 4 is 12.1 Å². The number of benzene rings is 1. The normalized spacial score (nSPS) is 9.87. The van der Waals surface area contributed by atoms with Crippen LogP contribution in [0, 0.1) is 0 Å².